The lowest BCUT2D eigenvalue weighted by molar-refractivity contribution is 0.668. The Kier molecular flexibility index (Phi) is 7.70. The maximum absolute atomic E-state index is 6.70. The zero-order chi connectivity index (χ0) is 37.4. The molecular weight excluding hydrogens is 667 g/mol. The van der Waals surface area contributed by atoms with Crippen molar-refractivity contribution in [2.24, 2.45) is 0 Å². The topological polar surface area (TPSA) is 56.7 Å². The fourth-order valence-electron chi connectivity index (χ4n) is 8.27. The lowest BCUT2D eigenvalue weighted by Crippen LogP contribution is -2.55. The predicted molar refractivity (Wildman–Crippen MR) is 244 cm³/mol. The summed E-state index contributed by atoms with van der Waals surface area (Å²) in [5, 5.41) is 4.55. The highest BCUT2D eigenvalue weighted by molar-refractivity contribution is 6.68. The molecule has 0 amide bonds. The first-order valence-electron chi connectivity index (χ1n) is 18.8. The van der Waals surface area contributed by atoms with Gasteiger partial charge in [0.1, 0.15) is 50.4 Å². The van der Waals surface area contributed by atoms with Crippen LogP contribution in [0.4, 0.5) is 0 Å². The van der Waals surface area contributed by atoms with Crippen LogP contribution in [0.2, 0.25) is 0 Å². The van der Waals surface area contributed by atoms with Crippen molar-refractivity contribution in [2.75, 3.05) is 0 Å². The molecule has 0 bridgehead atoms. The SMILES string of the molecule is Bc1c(B)c(B)c(-c2nc(-c3ccccc3)nc(-c3ccc4c(c3)oc3cc(-n5c6ccccc6c6ccc(-c7ccccc7)cc65)ccc34)n2)c(B)c1B. The molecule has 3 heterocycles. The molecule has 0 aliphatic heterocycles. The number of benzene rings is 7. The fourth-order valence-corrected chi connectivity index (χ4v) is 8.27. The van der Waals surface area contributed by atoms with Crippen LogP contribution >= 0.6 is 0 Å². The Balaban J connectivity index is 1.13. The molecule has 254 valence electrons. The van der Waals surface area contributed by atoms with Crippen molar-refractivity contribution in [3.05, 3.63) is 140 Å². The van der Waals surface area contributed by atoms with Crippen LogP contribution in [0.3, 0.4) is 0 Å². The van der Waals surface area contributed by atoms with Gasteiger partial charge in [0, 0.05) is 50.0 Å². The van der Waals surface area contributed by atoms with Gasteiger partial charge in [-0.25, -0.2) is 15.0 Å². The third-order valence-corrected chi connectivity index (χ3v) is 11.6. The van der Waals surface area contributed by atoms with Gasteiger partial charge in [0.15, 0.2) is 17.5 Å². The Morgan fingerprint density at radius 1 is 0.382 bits per heavy atom. The molecule has 3 aromatic heterocycles. The molecule has 10 rings (SSSR count). The summed E-state index contributed by atoms with van der Waals surface area (Å²) in [6.45, 7) is 0. The Bertz CT molecular complexity index is 3130. The van der Waals surface area contributed by atoms with E-state index in [4.69, 9.17) is 19.4 Å². The first kappa shape index (κ1) is 33.1. The van der Waals surface area contributed by atoms with Crippen LogP contribution in [0, 0.1) is 0 Å². The Hall–Kier alpha value is -6.53. The van der Waals surface area contributed by atoms with Crippen LogP contribution in [0.5, 0.6) is 0 Å². The predicted octanol–water partition coefficient (Wildman–Crippen LogP) is 2.83. The van der Waals surface area contributed by atoms with E-state index in [1.807, 2.05) is 30.3 Å². The highest BCUT2D eigenvalue weighted by Crippen LogP contribution is 2.38. The van der Waals surface area contributed by atoms with E-state index in [9.17, 15) is 0 Å². The van der Waals surface area contributed by atoms with Gasteiger partial charge in [-0.3, -0.25) is 0 Å². The van der Waals surface area contributed by atoms with E-state index in [0.717, 1.165) is 55.3 Å². The molecule has 0 saturated heterocycles. The lowest BCUT2D eigenvalue weighted by Gasteiger charge is -2.20. The number of fused-ring (bicyclic) bond motifs is 6. The maximum atomic E-state index is 6.70. The van der Waals surface area contributed by atoms with Gasteiger partial charge in [-0.15, -0.1) is 16.4 Å². The second-order valence-corrected chi connectivity index (χ2v) is 14.6. The molecule has 5 nitrogen and oxygen atoms in total. The highest BCUT2D eigenvalue weighted by Gasteiger charge is 2.20. The second kappa shape index (κ2) is 12.8. The standard InChI is InChI=1S/C45H33B5N4O/c46-38-37(39(47)41(49)42(50)40(38)48)45-52-43(25-11-5-2-6-12-25)51-44(53-45)27-16-19-31-32-20-17-28(23-36(32)55-35(31)22-27)54-33-14-8-7-13-29(33)30-18-15-26(21-34(30)54)24-9-3-1-4-10-24/h1-23H,46-50H2. The number of nitrogens with zero attached hydrogens (tertiary/aromatic N) is 4. The molecule has 0 unspecified atom stereocenters. The van der Waals surface area contributed by atoms with E-state index >= 15 is 0 Å². The first-order chi connectivity index (χ1) is 26.8. The van der Waals surface area contributed by atoms with Gasteiger partial charge < -0.3 is 8.98 Å². The highest BCUT2D eigenvalue weighted by atomic mass is 16.3. The number of hydrogen-bond acceptors (Lipinski definition) is 4. The lowest BCUT2D eigenvalue weighted by atomic mass is 9.60. The number of hydrogen-bond donors (Lipinski definition) is 0. The smallest absolute Gasteiger partial charge is 0.164 e. The number of rotatable bonds is 5. The molecule has 0 fully saturated rings. The molecule has 55 heavy (non-hydrogen) atoms. The number of para-hydroxylation sites is 1. The molecule has 0 atom stereocenters. The van der Waals surface area contributed by atoms with Gasteiger partial charge in [-0.1, -0.05) is 108 Å². The third-order valence-electron chi connectivity index (χ3n) is 11.6. The Morgan fingerprint density at radius 2 is 0.909 bits per heavy atom. The minimum Gasteiger partial charge on any atom is -0.456 e. The minimum atomic E-state index is 0.612. The fraction of sp³-hybridized carbons (Fsp3) is 0. The number of aromatic nitrogens is 4. The molecule has 0 spiro atoms. The summed E-state index contributed by atoms with van der Waals surface area (Å²) in [5.41, 5.74) is 16.5. The van der Waals surface area contributed by atoms with E-state index in [0.29, 0.717) is 17.5 Å². The van der Waals surface area contributed by atoms with Gasteiger partial charge in [0.05, 0.1) is 11.0 Å². The van der Waals surface area contributed by atoms with Crippen LogP contribution in [-0.2, 0) is 0 Å². The average Bonchev–Trinajstić information content (AvgIpc) is 3.77. The second-order valence-electron chi connectivity index (χ2n) is 14.6. The zero-order valence-electron chi connectivity index (χ0n) is 31.5. The molecule has 0 aliphatic rings. The van der Waals surface area contributed by atoms with Crippen molar-refractivity contribution in [3.63, 3.8) is 0 Å². The van der Waals surface area contributed by atoms with Gasteiger partial charge in [-0.2, -0.15) is 0 Å². The van der Waals surface area contributed by atoms with Crippen LogP contribution < -0.4 is 27.3 Å². The third kappa shape index (κ3) is 5.35. The summed E-state index contributed by atoms with van der Waals surface area (Å²) in [5.74, 6) is 1.94. The van der Waals surface area contributed by atoms with E-state index < -0.39 is 0 Å². The van der Waals surface area contributed by atoms with Crippen molar-refractivity contribution in [3.8, 4) is 51.0 Å². The normalized spacial score (nSPS) is 11.6. The molecule has 0 saturated carbocycles. The molecule has 10 heteroatoms. The quantitative estimate of drug-likeness (QED) is 0.260. The molecular formula is C45H33B5N4O. The van der Waals surface area contributed by atoms with Crippen molar-refractivity contribution in [1.29, 1.82) is 0 Å². The summed E-state index contributed by atoms with van der Waals surface area (Å²) in [6, 6.07) is 48.9. The largest absolute Gasteiger partial charge is 0.456 e. The van der Waals surface area contributed by atoms with Gasteiger partial charge >= 0.3 is 0 Å². The molecule has 0 radical (unpaired) electrons. The molecule has 10 aromatic rings. The van der Waals surface area contributed by atoms with E-state index in [2.05, 4.69) is 153 Å². The van der Waals surface area contributed by atoms with Crippen molar-refractivity contribution in [2.45, 2.75) is 0 Å². The number of furan rings is 1. The summed E-state index contributed by atoms with van der Waals surface area (Å²) in [7, 11) is 10.9. The molecule has 0 N–H and O–H groups in total. The van der Waals surface area contributed by atoms with Gasteiger partial charge in [-0.05, 0) is 47.5 Å². The van der Waals surface area contributed by atoms with Crippen molar-refractivity contribution < 1.29 is 4.42 Å². The van der Waals surface area contributed by atoms with Crippen LogP contribution in [0.15, 0.2) is 144 Å². The summed E-state index contributed by atoms with van der Waals surface area (Å²) in [4.78, 5) is 15.3. The summed E-state index contributed by atoms with van der Waals surface area (Å²) in [6.07, 6.45) is 0. The molecule has 7 aromatic carbocycles. The van der Waals surface area contributed by atoms with Crippen LogP contribution in [0.1, 0.15) is 0 Å². The first-order valence-corrected chi connectivity index (χ1v) is 18.8. The summed E-state index contributed by atoms with van der Waals surface area (Å²) >= 11 is 0. The average molecular weight is 700 g/mol. The Labute approximate surface area is 323 Å². The summed E-state index contributed by atoms with van der Waals surface area (Å²) < 4.78 is 9.05. The van der Waals surface area contributed by atoms with Crippen molar-refractivity contribution in [1.82, 2.24) is 19.5 Å². The van der Waals surface area contributed by atoms with Gasteiger partial charge in [0.2, 0.25) is 0 Å². The van der Waals surface area contributed by atoms with E-state index in [1.165, 1.54) is 49.2 Å². The van der Waals surface area contributed by atoms with E-state index in [-0.39, 0.29) is 0 Å². The van der Waals surface area contributed by atoms with E-state index in [1.54, 1.807) is 0 Å². The van der Waals surface area contributed by atoms with Crippen LogP contribution in [-0.4, -0.2) is 58.8 Å². The van der Waals surface area contributed by atoms with Crippen LogP contribution in [0.25, 0.3) is 94.7 Å². The van der Waals surface area contributed by atoms with Crippen molar-refractivity contribution >= 4 is 110 Å². The minimum absolute atomic E-state index is 0.612. The maximum Gasteiger partial charge on any atom is 0.164 e. The van der Waals surface area contributed by atoms with Gasteiger partial charge in [0.25, 0.3) is 0 Å². The molecule has 0 aliphatic carbocycles. The Morgan fingerprint density at radius 3 is 1.64 bits per heavy atom. The zero-order valence-corrected chi connectivity index (χ0v) is 31.5. The monoisotopic (exact) mass is 700 g/mol.